The van der Waals surface area contributed by atoms with Crippen molar-refractivity contribution in [2.24, 2.45) is 0 Å². The summed E-state index contributed by atoms with van der Waals surface area (Å²) in [6.45, 7) is 11.1. The highest BCUT2D eigenvalue weighted by Gasteiger charge is 2.05. The Morgan fingerprint density at radius 2 is 0.304 bits per heavy atom. The van der Waals surface area contributed by atoms with Crippen LogP contribution >= 0.6 is 0 Å². The molecule has 0 saturated heterocycles. The zero-order valence-corrected chi connectivity index (χ0v) is 33.1. The summed E-state index contributed by atoms with van der Waals surface area (Å²) in [5.74, 6) is 0. The highest BCUT2D eigenvalue weighted by Crippen LogP contribution is 2.16. The van der Waals surface area contributed by atoms with E-state index in [4.69, 9.17) is 0 Å². The van der Waals surface area contributed by atoms with E-state index in [-0.39, 0.29) is 0 Å². The molecule has 278 valence electrons. The second-order valence-corrected chi connectivity index (χ2v) is 15.6. The first-order valence-corrected chi connectivity index (χ1v) is 22.6. The second-order valence-electron chi connectivity index (χ2n) is 15.6. The number of nitrogens with zero attached hydrogens (tertiary/aromatic N) is 1. The van der Waals surface area contributed by atoms with Crippen molar-refractivity contribution < 1.29 is 0 Å². The van der Waals surface area contributed by atoms with Crippen LogP contribution in [-0.2, 0) is 0 Å². The third-order valence-electron chi connectivity index (χ3n) is 10.7. The molecule has 1 heteroatoms. The van der Waals surface area contributed by atoms with Crippen molar-refractivity contribution in [3.8, 4) is 0 Å². The highest BCUT2D eigenvalue weighted by atomic mass is 15.1. The smallest absolute Gasteiger partial charge is 0.00187 e. The Hall–Kier alpha value is -0.0400. The Balaban J connectivity index is 3.85. The van der Waals surface area contributed by atoms with E-state index in [9.17, 15) is 0 Å². The van der Waals surface area contributed by atoms with E-state index < -0.39 is 0 Å². The molecule has 0 bridgehead atoms. The van der Waals surface area contributed by atoms with Gasteiger partial charge in [-0.25, -0.2) is 0 Å². The first-order valence-electron chi connectivity index (χ1n) is 22.6. The lowest BCUT2D eigenvalue weighted by atomic mass is 10.0. The Morgan fingerprint density at radius 3 is 0.457 bits per heavy atom. The van der Waals surface area contributed by atoms with Crippen molar-refractivity contribution >= 4 is 0 Å². The molecule has 0 amide bonds. The first-order chi connectivity index (χ1) is 22.8. The van der Waals surface area contributed by atoms with Gasteiger partial charge in [-0.3, -0.25) is 0 Å². The molecular formula is C45H93N. The summed E-state index contributed by atoms with van der Waals surface area (Å²) in [6.07, 6.45) is 57.1. The molecule has 1 nitrogen and oxygen atoms in total. The lowest BCUT2D eigenvalue weighted by molar-refractivity contribution is 0.254. The standard InChI is InChI=1S/C45H93N/c1-4-7-10-13-16-19-21-23-25-27-29-32-35-38-41-44-46(43-40-37-34-31-18-15-12-9-6-3)45-42-39-36-33-30-28-26-24-22-20-17-14-11-8-5-2/h4-45H2,1-3H3. The number of hydrogen-bond donors (Lipinski definition) is 0. The number of hydrogen-bond acceptors (Lipinski definition) is 1. The van der Waals surface area contributed by atoms with Crippen LogP contribution in [0.4, 0.5) is 0 Å². The maximum absolute atomic E-state index is 2.87. The lowest BCUT2D eigenvalue weighted by Crippen LogP contribution is -2.27. The van der Waals surface area contributed by atoms with Gasteiger partial charge in [-0.15, -0.1) is 0 Å². The molecule has 46 heavy (non-hydrogen) atoms. The lowest BCUT2D eigenvalue weighted by Gasteiger charge is -2.22. The van der Waals surface area contributed by atoms with Crippen molar-refractivity contribution in [1.82, 2.24) is 4.90 Å². The zero-order valence-electron chi connectivity index (χ0n) is 33.1. The van der Waals surface area contributed by atoms with E-state index in [2.05, 4.69) is 25.7 Å². The van der Waals surface area contributed by atoms with Gasteiger partial charge in [0.05, 0.1) is 0 Å². The minimum atomic E-state index is 1.37. The molecule has 0 atom stereocenters. The van der Waals surface area contributed by atoms with Gasteiger partial charge in [-0.1, -0.05) is 252 Å². The van der Waals surface area contributed by atoms with E-state index in [1.54, 1.807) is 0 Å². The van der Waals surface area contributed by atoms with Crippen molar-refractivity contribution in [3.63, 3.8) is 0 Å². The number of unbranched alkanes of at least 4 members (excludes halogenated alkanes) is 36. The third kappa shape index (κ3) is 40.1. The Labute approximate surface area is 295 Å². The zero-order chi connectivity index (χ0) is 33.3. The monoisotopic (exact) mass is 648 g/mol. The van der Waals surface area contributed by atoms with Gasteiger partial charge in [-0.05, 0) is 38.9 Å². The van der Waals surface area contributed by atoms with Crippen LogP contribution in [0.15, 0.2) is 0 Å². The van der Waals surface area contributed by atoms with E-state index >= 15 is 0 Å². The predicted octanol–water partition coefficient (Wildman–Crippen LogP) is 16.6. The minimum Gasteiger partial charge on any atom is -0.303 e. The van der Waals surface area contributed by atoms with Crippen molar-refractivity contribution in [2.45, 2.75) is 271 Å². The van der Waals surface area contributed by atoms with Crippen molar-refractivity contribution in [2.75, 3.05) is 19.6 Å². The summed E-state index contributed by atoms with van der Waals surface area (Å²) in [5.41, 5.74) is 0. The fourth-order valence-electron chi connectivity index (χ4n) is 7.39. The molecule has 0 N–H and O–H groups in total. The second kappa shape index (κ2) is 43.0. The van der Waals surface area contributed by atoms with Crippen LogP contribution < -0.4 is 0 Å². The minimum absolute atomic E-state index is 1.37. The molecule has 0 aromatic heterocycles. The quantitative estimate of drug-likeness (QED) is 0.0596. The third-order valence-corrected chi connectivity index (χ3v) is 10.7. The van der Waals surface area contributed by atoms with Crippen molar-refractivity contribution in [3.05, 3.63) is 0 Å². The Morgan fingerprint density at radius 1 is 0.174 bits per heavy atom. The molecular weight excluding hydrogens is 555 g/mol. The van der Waals surface area contributed by atoms with Crippen LogP contribution in [0.3, 0.4) is 0 Å². The average Bonchev–Trinajstić information content (AvgIpc) is 3.07. The molecule has 0 unspecified atom stereocenters. The van der Waals surface area contributed by atoms with Crippen LogP contribution in [0.2, 0.25) is 0 Å². The van der Waals surface area contributed by atoms with E-state index in [0.717, 1.165) is 0 Å². The fraction of sp³-hybridized carbons (Fsp3) is 1.00. The van der Waals surface area contributed by atoms with Crippen LogP contribution in [0, 0.1) is 0 Å². The number of rotatable bonds is 42. The van der Waals surface area contributed by atoms with Gasteiger partial charge in [0, 0.05) is 0 Å². The van der Waals surface area contributed by atoms with Gasteiger partial charge in [0.15, 0.2) is 0 Å². The normalized spacial score (nSPS) is 11.7. The molecule has 0 spiro atoms. The summed E-state index contributed by atoms with van der Waals surface area (Å²) in [6, 6.07) is 0. The van der Waals surface area contributed by atoms with Gasteiger partial charge in [0.25, 0.3) is 0 Å². The maximum atomic E-state index is 2.87. The molecule has 0 radical (unpaired) electrons. The molecule has 0 aliphatic rings. The summed E-state index contributed by atoms with van der Waals surface area (Å²) in [5, 5.41) is 0. The van der Waals surface area contributed by atoms with Crippen LogP contribution in [0.25, 0.3) is 0 Å². The van der Waals surface area contributed by atoms with E-state index in [1.165, 1.54) is 270 Å². The summed E-state index contributed by atoms with van der Waals surface area (Å²) < 4.78 is 0. The van der Waals surface area contributed by atoms with Crippen LogP contribution in [0.5, 0.6) is 0 Å². The molecule has 0 aliphatic carbocycles. The summed E-state index contributed by atoms with van der Waals surface area (Å²) >= 11 is 0. The van der Waals surface area contributed by atoms with Crippen molar-refractivity contribution in [1.29, 1.82) is 0 Å². The topological polar surface area (TPSA) is 3.24 Å². The largest absolute Gasteiger partial charge is 0.303 e. The average molecular weight is 648 g/mol. The van der Waals surface area contributed by atoms with Gasteiger partial charge in [-0.2, -0.15) is 0 Å². The fourth-order valence-corrected chi connectivity index (χ4v) is 7.39. The SMILES string of the molecule is CCCCCCCCCCCCCCCCCN(CCCCCCCCCCC)CCCCCCCCCCCCCCCCC. The van der Waals surface area contributed by atoms with E-state index in [1.807, 2.05) is 0 Å². The molecule has 0 rings (SSSR count). The van der Waals surface area contributed by atoms with Gasteiger partial charge < -0.3 is 4.90 Å². The van der Waals surface area contributed by atoms with Gasteiger partial charge in [0.1, 0.15) is 0 Å². The molecule has 0 aliphatic heterocycles. The van der Waals surface area contributed by atoms with Gasteiger partial charge in [0.2, 0.25) is 0 Å². The first kappa shape index (κ1) is 46.0. The molecule has 0 aromatic carbocycles. The van der Waals surface area contributed by atoms with Crippen LogP contribution in [0.1, 0.15) is 271 Å². The van der Waals surface area contributed by atoms with E-state index in [0.29, 0.717) is 0 Å². The molecule has 0 heterocycles. The molecule has 0 saturated carbocycles. The van der Waals surface area contributed by atoms with Crippen LogP contribution in [-0.4, -0.2) is 24.5 Å². The van der Waals surface area contributed by atoms with Gasteiger partial charge >= 0.3 is 0 Å². The molecule has 0 fully saturated rings. The summed E-state index contributed by atoms with van der Waals surface area (Å²) in [4.78, 5) is 2.87. The summed E-state index contributed by atoms with van der Waals surface area (Å²) in [7, 11) is 0. The maximum Gasteiger partial charge on any atom is -0.00187 e. The Kier molecular flexibility index (Phi) is 42.9. The predicted molar refractivity (Wildman–Crippen MR) is 214 cm³/mol. The molecule has 0 aromatic rings. The highest BCUT2D eigenvalue weighted by molar-refractivity contribution is 4.61. The Bertz CT molecular complexity index is 467.